The van der Waals surface area contributed by atoms with Gasteiger partial charge in [0.25, 0.3) is 15.6 Å². The average Bonchev–Trinajstić information content (AvgIpc) is 3.21. The van der Waals surface area contributed by atoms with Gasteiger partial charge in [0.05, 0.1) is 26.4 Å². The third-order valence-corrected chi connectivity index (χ3v) is 12.5. The lowest BCUT2D eigenvalue weighted by molar-refractivity contribution is -0.230. The van der Waals surface area contributed by atoms with Gasteiger partial charge in [-0.1, -0.05) is 194 Å². The molecular weight excluding hydrogens is 794 g/mol. The highest BCUT2D eigenvalue weighted by Crippen LogP contribution is 2.39. The SMILES string of the molecule is CCCCCCCCCCCCCCCCCC(=O)NCC(CNC(=O)CCCCCCCCCCCCCCCCC)OP(=O)([O-])OCCOCCOP(=O)([O-])OC. The maximum Gasteiger partial charge on any atom is 0.268 e. The highest BCUT2D eigenvalue weighted by atomic mass is 31.2. The van der Waals surface area contributed by atoms with Gasteiger partial charge < -0.3 is 43.3 Å². The van der Waals surface area contributed by atoms with Crippen LogP contribution in [0.4, 0.5) is 0 Å². The van der Waals surface area contributed by atoms with E-state index < -0.39 is 21.7 Å². The van der Waals surface area contributed by atoms with Crippen LogP contribution in [0.15, 0.2) is 0 Å². The number of phosphoric acid groups is 2. The first kappa shape index (κ1) is 58.1. The Kier molecular flexibility index (Phi) is 41.8. The molecule has 0 aromatic heterocycles. The average molecular weight is 883 g/mol. The van der Waals surface area contributed by atoms with E-state index in [4.69, 9.17) is 13.8 Å². The van der Waals surface area contributed by atoms with Crippen molar-refractivity contribution in [2.45, 2.75) is 225 Å². The van der Waals surface area contributed by atoms with Crippen LogP contribution < -0.4 is 20.4 Å². The number of phosphoric ester groups is 2. The molecule has 0 fully saturated rings. The molecule has 0 heterocycles. The fraction of sp³-hybridized carbons (Fsp3) is 0.955. The Bertz CT molecular complexity index is 1010. The predicted molar refractivity (Wildman–Crippen MR) is 235 cm³/mol. The van der Waals surface area contributed by atoms with Crippen molar-refractivity contribution >= 4 is 27.5 Å². The van der Waals surface area contributed by atoms with Crippen molar-refractivity contribution in [1.82, 2.24) is 10.6 Å². The summed E-state index contributed by atoms with van der Waals surface area (Å²) in [6.45, 7) is 3.27. The molecule has 0 aliphatic carbocycles. The lowest BCUT2D eigenvalue weighted by Gasteiger charge is -2.28. The largest absolute Gasteiger partial charge is 0.756 e. The van der Waals surface area contributed by atoms with Crippen molar-refractivity contribution in [2.75, 3.05) is 46.6 Å². The number of ether oxygens (including phenoxy) is 1. The zero-order valence-electron chi connectivity index (χ0n) is 37.8. The van der Waals surface area contributed by atoms with E-state index >= 15 is 0 Å². The molecular formula is C44H88N2O11P2-2. The second-order valence-corrected chi connectivity index (χ2v) is 19.0. The standard InChI is InChI=1S/C44H90N2O11P2/c1-4-6-8-10-12-14-16-18-20-22-24-26-28-30-32-34-43(47)45-40-42(57-59(51,52)56-39-37-54-36-38-55-58(49,50)53-3)41-46-44(48)35-33-31-29-27-25-23-21-19-17-15-13-11-9-7-5-2/h42H,4-41H2,1-3H3,(H,45,47)(H,46,48)(H,49,50)(H,51,52)/p-2. The van der Waals surface area contributed by atoms with Crippen molar-refractivity contribution in [2.24, 2.45) is 0 Å². The van der Waals surface area contributed by atoms with Crippen LogP contribution in [0.5, 0.6) is 0 Å². The molecule has 0 radical (unpaired) electrons. The minimum atomic E-state index is -4.84. The summed E-state index contributed by atoms with van der Waals surface area (Å²) in [7, 11) is -8.24. The van der Waals surface area contributed by atoms with E-state index in [9.17, 15) is 28.5 Å². The van der Waals surface area contributed by atoms with Crippen molar-refractivity contribution in [3.05, 3.63) is 0 Å². The zero-order chi connectivity index (χ0) is 43.6. The van der Waals surface area contributed by atoms with E-state index in [1.165, 1.54) is 154 Å². The molecule has 0 spiro atoms. The Balaban J connectivity index is 4.42. The molecule has 2 amide bonds. The first-order valence-corrected chi connectivity index (χ1v) is 26.7. The number of hydrogen-bond donors (Lipinski definition) is 2. The fourth-order valence-corrected chi connectivity index (χ4v) is 8.15. The Morgan fingerprint density at radius 2 is 0.746 bits per heavy atom. The molecule has 59 heavy (non-hydrogen) atoms. The second-order valence-electron chi connectivity index (χ2n) is 16.1. The van der Waals surface area contributed by atoms with Gasteiger partial charge in [0, 0.05) is 33.0 Å². The molecule has 2 atom stereocenters. The number of nitrogens with one attached hydrogen (secondary N) is 2. The summed E-state index contributed by atoms with van der Waals surface area (Å²) in [5, 5.41) is 5.52. The summed E-state index contributed by atoms with van der Waals surface area (Å²) >= 11 is 0. The lowest BCUT2D eigenvalue weighted by atomic mass is 10.0. The topological polar surface area (TPSA) is 185 Å². The number of unbranched alkanes of at least 4 members (excludes halogenated alkanes) is 28. The maximum absolute atomic E-state index is 12.6. The van der Waals surface area contributed by atoms with Crippen LogP contribution in [0, 0.1) is 0 Å². The molecule has 0 bridgehead atoms. The van der Waals surface area contributed by atoms with Gasteiger partial charge in [-0.15, -0.1) is 0 Å². The molecule has 2 unspecified atom stereocenters. The summed E-state index contributed by atoms with van der Waals surface area (Å²) in [6, 6.07) is 0. The van der Waals surface area contributed by atoms with Crippen LogP contribution in [-0.4, -0.2) is 64.5 Å². The molecule has 352 valence electrons. The summed E-state index contributed by atoms with van der Waals surface area (Å²) < 4.78 is 47.9. The minimum Gasteiger partial charge on any atom is -0.756 e. The van der Waals surface area contributed by atoms with Gasteiger partial charge in [0.15, 0.2) is 0 Å². The maximum atomic E-state index is 12.6. The van der Waals surface area contributed by atoms with Gasteiger partial charge in [-0.2, -0.15) is 0 Å². The first-order valence-electron chi connectivity index (χ1n) is 23.8. The van der Waals surface area contributed by atoms with Gasteiger partial charge in [-0.3, -0.25) is 18.7 Å². The van der Waals surface area contributed by atoms with E-state index in [1.807, 2.05) is 0 Å². The Hall–Kier alpha value is -0.880. The molecule has 2 N–H and O–H groups in total. The second kappa shape index (κ2) is 42.4. The zero-order valence-corrected chi connectivity index (χ0v) is 39.6. The molecule has 0 saturated carbocycles. The first-order chi connectivity index (χ1) is 28.5. The van der Waals surface area contributed by atoms with Gasteiger partial charge in [0.2, 0.25) is 11.8 Å². The number of hydrogen-bond acceptors (Lipinski definition) is 11. The van der Waals surface area contributed by atoms with E-state index in [0.717, 1.165) is 45.6 Å². The van der Waals surface area contributed by atoms with Crippen LogP contribution in [0.1, 0.15) is 219 Å². The molecule has 0 aromatic carbocycles. The van der Waals surface area contributed by atoms with Crippen molar-refractivity contribution in [3.63, 3.8) is 0 Å². The summed E-state index contributed by atoms with van der Waals surface area (Å²) in [5.41, 5.74) is 0. The monoisotopic (exact) mass is 883 g/mol. The number of carbonyl (C=O) groups excluding carboxylic acids is 2. The molecule has 0 aromatic rings. The van der Waals surface area contributed by atoms with Crippen LogP contribution in [0.3, 0.4) is 0 Å². The molecule has 15 heteroatoms. The number of rotatable bonds is 47. The summed E-state index contributed by atoms with van der Waals surface area (Å²) in [5.74, 6) is -0.406. The van der Waals surface area contributed by atoms with Crippen LogP contribution in [-0.2, 0) is 41.6 Å². The molecule has 13 nitrogen and oxygen atoms in total. The third kappa shape index (κ3) is 43.6. The summed E-state index contributed by atoms with van der Waals surface area (Å²) in [6.07, 6.45) is 36.7. The number of amides is 2. The predicted octanol–water partition coefficient (Wildman–Crippen LogP) is 10.8. The number of carbonyl (C=O) groups is 2. The summed E-state index contributed by atoms with van der Waals surface area (Å²) in [4.78, 5) is 49.1. The van der Waals surface area contributed by atoms with E-state index in [2.05, 4.69) is 33.5 Å². The highest BCUT2D eigenvalue weighted by molar-refractivity contribution is 7.46. The van der Waals surface area contributed by atoms with Gasteiger partial charge in [-0.05, 0) is 12.8 Å². The highest BCUT2D eigenvalue weighted by Gasteiger charge is 2.20. The van der Waals surface area contributed by atoms with Crippen LogP contribution in [0.2, 0.25) is 0 Å². The van der Waals surface area contributed by atoms with E-state index in [1.54, 1.807) is 0 Å². The Morgan fingerprint density at radius 3 is 1.05 bits per heavy atom. The van der Waals surface area contributed by atoms with Crippen LogP contribution >= 0.6 is 15.6 Å². The van der Waals surface area contributed by atoms with Gasteiger partial charge >= 0.3 is 0 Å². The third-order valence-electron chi connectivity index (χ3n) is 10.5. The lowest BCUT2D eigenvalue weighted by Crippen LogP contribution is -2.41. The molecule has 0 rings (SSSR count). The van der Waals surface area contributed by atoms with E-state index in [-0.39, 0.29) is 51.3 Å². The fourth-order valence-electron chi connectivity index (χ4n) is 6.88. The minimum absolute atomic E-state index is 0.116. The Morgan fingerprint density at radius 1 is 0.458 bits per heavy atom. The quantitative estimate of drug-likeness (QED) is 0.0438. The normalized spacial score (nSPS) is 13.7. The molecule has 0 aliphatic rings. The molecule has 0 saturated heterocycles. The molecule has 0 aliphatic heterocycles. The van der Waals surface area contributed by atoms with Gasteiger partial charge in [0.1, 0.15) is 6.10 Å². The smallest absolute Gasteiger partial charge is 0.268 e. The van der Waals surface area contributed by atoms with Crippen molar-refractivity contribution in [3.8, 4) is 0 Å². The van der Waals surface area contributed by atoms with Gasteiger partial charge in [-0.25, -0.2) is 0 Å². The van der Waals surface area contributed by atoms with Crippen LogP contribution in [0.25, 0.3) is 0 Å². The Labute approximate surface area is 360 Å². The van der Waals surface area contributed by atoms with Crippen molar-refractivity contribution in [1.29, 1.82) is 0 Å². The van der Waals surface area contributed by atoms with Crippen molar-refractivity contribution < 1.29 is 51.3 Å². The van der Waals surface area contributed by atoms with E-state index in [0.29, 0.717) is 12.8 Å².